The Morgan fingerprint density at radius 1 is 1.44 bits per heavy atom. The summed E-state index contributed by atoms with van der Waals surface area (Å²) in [5.74, 6) is 0.148. The third-order valence-corrected chi connectivity index (χ3v) is 2.40. The third-order valence-electron chi connectivity index (χ3n) is 1.95. The van der Waals surface area contributed by atoms with E-state index in [0.29, 0.717) is 5.69 Å². The van der Waals surface area contributed by atoms with E-state index in [2.05, 4.69) is 15.3 Å². The molecule has 0 fully saturated rings. The molecule has 1 N–H and O–H groups in total. The molecule has 8 heteroatoms. The molecule has 0 aliphatic carbocycles. The lowest BCUT2D eigenvalue weighted by molar-refractivity contribution is -0.141. The number of nitrogens with zero attached hydrogens (tertiary/aromatic N) is 3. The highest BCUT2D eigenvalue weighted by Crippen LogP contribution is 2.28. The molecule has 0 radical (unpaired) electrons. The monoisotopic (exact) mass is 250 g/mol. The summed E-state index contributed by atoms with van der Waals surface area (Å²) in [4.78, 5) is 0. The normalized spacial score (nSPS) is 12.1. The van der Waals surface area contributed by atoms with Crippen molar-refractivity contribution < 1.29 is 13.2 Å². The van der Waals surface area contributed by atoms with Gasteiger partial charge in [0.15, 0.2) is 11.5 Å². The van der Waals surface area contributed by atoms with E-state index in [-0.39, 0.29) is 10.8 Å². The van der Waals surface area contributed by atoms with E-state index in [4.69, 9.17) is 11.6 Å². The Morgan fingerprint density at radius 3 is 2.56 bits per heavy atom. The first-order valence-electron chi connectivity index (χ1n) is 4.23. The minimum absolute atomic E-state index is 0.148. The van der Waals surface area contributed by atoms with Crippen LogP contribution in [-0.2, 0) is 6.18 Å². The molecule has 0 aromatic carbocycles. The molecule has 4 nitrogen and oxygen atoms in total. The van der Waals surface area contributed by atoms with Crippen molar-refractivity contribution in [2.75, 3.05) is 0 Å². The summed E-state index contributed by atoms with van der Waals surface area (Å²) >= 11 is 5.83. The molecule has 0 amide bonds. The topological polar surface area (TPSA) is 46.5 Å². The first-order chi connectivity index (χ1) is 7.39. The molecule has 0 saturated carbocycles. The highest BCUT2D eigenvalue weighted by atomic mass is 35.5. The zero-order chi connectivity index (χ0) is 11.9. The van der Waals surface area contributed by atoms with Gasteiger partial charge in [-0.25, -0.2) is 4.68 Å². The molecular formula is C8H6ClF3N4. The van der Waals surface area contributed by atoms with Gasteiger partial charge < -0.3 is 0 Å². The van der Waals surface area contributed by atoms with Gasteiger partial charge in [-0.2, -0.15) is 23.4 Å². The second-order valence-corrected chi connectivity index (χ2v) is 3.51. The Labute approximate surface area is 93.0 Å². The summed E-state index contributed by atoms with van der Waals surface area (Å²) < 4.78 is 37.8. The summed E-state index contributed by atoms with van der Waals surface area (Å²) in [5, 5.41) is 9.91. The van der Waals surface area contributed by atoms with Crippen molar-refractivity contribution in [1.82, 2.24) is 20.0 Å². The number of hydrogen-bond acceptors (Lipinski definition) is 2. The summed E-state index contributed by atoms with van der Waals surface area (Å²) in [5.41, 5.74) is -0.412. The van der Waals surface area contributed by atoms with Crippen molar-refractivity contribution in [2.24, 2.45) is 0 Å². The Bertz CT molecular complexity index is 514. The minimum Gasteiger partial charge on any atom is -0.279 e. The maximum atomic E-state index is 12.3. The molecule has 2 heterocycles. The second-order valence-electron chi connectivity index (χ2n) is 3.13. The molecule has 2 aromatic rings. The van der Waals surface area contributed by atoms with E-state index in [1.807, 2.05) is 0 Å². The van der Waals surface area contributed by atoms with Gasteiger partial charge in [0.2, 0.25) is 0 Å². The molecule has 0 atom stereocenters. The van der Waals surface area contributed by atoms with E-state index in [1.165, 1.54) is 0 Å². The molecule has 2 aromatic heterocycles. The Balaban J connectivity index is 2.43. The van der Waals surface area contributed by atoms with Crippen LogP contribution in [0.5, 0.6) is 0 Å². The highest BCUT2D eigenvalue weighted by Gasteiger charge is 2.34. The number of halogens is 4. The fourth-order valence-electron chi connectivity index (χ4n) is 1.15. The van der Waals surface area contributed by atoms with E-state index in [1.54, 1.807) is 6.92 Å². The van der Waals surface area contributed by atoms with Crippen LogP contribution in [0.15, 0.2) is 12.3 Å². The number of aromatic amines is 1. The average molecular weight is 251 g/mol. The highest BCUT2D eigenvalue weighted by molar-refractivity contribution is 6.32. The van der Waals surface area contributed by atoms with E-state index in [9.17, 15) is 13.2 Å². The number of aromatic nitrogens is 4. The Morgan fingerprint density at radius 2 is 2.12 bits per heavy atom. The predicted molar refractivity (Wildman–Crippen MR) is 50.5 cm³/mol. The summed E-state index contributed by atoms with van der Waals surface area (Å²) in [6, 6.07) is 0.861. The van der Waals surface area contributed by atoms with Crippen LogP contribution in [-0.4, -0.2) is 20.0 Å². The van der Waals surface area contributed by atoms with Crippen LogP contribution in [0.3, 0.4) is 0 Å². The molecule has 0 aliphatic heterocycles. The number of aryl methyl sites for hydroxylation is 1. The van der Waals surface area contributed by atoms with Crippen molar-refractivity contribution in [3.63, 3.8) is 0 Å². The van der Waals surface area contributed by atoms with Gasteiger partial charge in [-0.3, -0.25) is 5.10 Å². The SMILES string of the molecule is Cc1[nH]nc(-n2ccc(C(F)(F)F)n2)c1Cl. The maximum Gasteiger partial charge on any atom is 0.435 e. The molecule has 0 saturated heterocycles. The fourth-order valence-corrected chi connectivity index (χ4v) is 1.32. The molecule has 0 bridgehead atoms. The van der Waals surface area contributed by atoms with Crippen LogP contribution in [0.2, 0.25) is 5.02 Å². The minimum atomic E-state index is -4.47. The largest absolute Gasteiger partial charge is 0.435 e. The van der Waals surface area contributed by atoms with Crippen LogP contribution in [0.4, 0.5) is 13.2 Å². The zero-order valence-corrected chi connectivity index (χ0v) is 8.76. The van der Waals surface area contributed by atoms with Gasteiger partial charge in [-0.1, -0.05) is 11.6 Å². The number of H-pyrrole nitrogens is 1. The van der Waals surface area contributed by atoms with Crippen LogP contribution in [0.1, 0.15) is 11.4 Å². The molecular weight excluding hydrogens is 245 g/mol. The van der Waals surface area contributed by atoms with Crippen molar-refractivity contribution in [1.29, 1.82) is 0 Å². The van der Waals surface area contributed by atoms with E-state index in [0.717, 1.165) is 16.9 Å². The van der Waals surface area contributed by atoms with Crippen LogP contribution >= 0.6 is 11.6 Å². The number of hydrogen-bond donors (Lipinski definition) is 1. The quantitative estimate of drug-likeness (QED) is 0.846. The molecule has 2 rings (SSSR count). The smallest absolute Gasteiger partial charge is 0.279 e. The first-order valence-corrected chi connectivity index (χ1v) is 4.61. The van der Waals surface area contributed by atoms with Gasteiger partial charge in [0.25, 0.3) is 0 Å². The van der Waals surface area contributed by atoms with E-state index < -0.39 is 11.9 Å². The third kappa shape index (κ3) is 1.78. The van der Waals surface area contributed by atoms with Gasteiger partial charge in [0.05, 0.1) is 5.69 Å². The lowest BCUT2D eigenvalue weighted by Crippen LogP contribution is -2.07. The van der Waals surface area contributed by atoms with Gasteiger partial charge in [0, 0.05) is 6.20 Å². The summed E-state index contributed by atoms with van der Waals surface area (Å²) in [7, 11) is 0. The van der Waals surface area contributed by atoms with Crippen molar-refractivity contribution >= 4 is 11.6 Å². The Kier molecular flexibility index (Phi) is 2.42. The first kappa shape index (κ1) is 11.0. The number of rotatable bonds is 1. The van der Waals surface area contributed by atoms with Gasteiger partial charge >= 0.3 is 6.18 Å². The molecule has 0 spiro atoms. The van der Waals surface area contributed by atoms with Crippen LogP contribution < -0.4 is 0 Å². The van der Waals surface area contributed by atoms with Gasteiger partial charge in [0.1, 0.15) is 5.02 Å². The molecule has 16 heavy (non-hydrogen) atoms. The molecule has 0 unspecified atom stereocenters. The second kappa shape index (κ2) is 3.51. The van der Waals surface area contributed by atoms with E-state index >= 15 is 0 Å². The van der Waals surface area contributed by atoms with Crippen molar-refractivity contribution in [2.45, 2.75) is 13.1 Å². The molecule has 86 valence electrons. The maximum absolute atomic E-state index is 12.3. The van der Waals surface area contributed by atoms with Gasteiger partial charge in [-0.05, 0) is 13.0 Å². The zero-order valence-electron chi connectivity index (χ0n) is 8.01. The van der Waals surface area contributed by atoms with Gasteiger partial charge in [-0.15, -0.1) is 0 Å². The number of nitrogens with one attached hydrogen (secondary N) is 1. The standard InChI is InChI=1S/C8H6ClF3N4/c1-4-6(9)7(14-13-4)16-3-2-5(15-16)8(10,11)12/h2-3H,1H3,(H,13,14). The number of alkyl halides is 3. The average Bonchev–Trinajstić information content (AvgIpc) is 2.74. The van der Waals surface area contributed by atoms with Crippen LogP contribution in [0.25, 0.3) is 5.82 Å². The predicted octanol–water partition coefficient (Wildman–Crippen LogP) is 2.58. The summed E-state index contributed by atoms with van der Waals surface area (Å²) in [6.07, 6.45) is -3.31. The Hall–Kier alpha value is -1.50. The van der Waals surface area contributed by atoms with Crippen molar-refractivity contribution in [3.05, 3.63) is 28.7 Å². The summed E-state index contributed by atoms with van der Waals surface area (Å²) in [6.45, 7) is 1.66. The van der Waals surface area contributed by atoms with Crippen molar-refractivity contribution in [3.8, 4) is 5.82 Å². The fraction of sp³-hybridized carbons (Fsp3) is 0.250. The molecule has 0 aliphatic rings. The lowest BCUT2D eigenvalue weighted by atomic mass is 10.4. The van der Waals surface area contributed by atoms with Crippen LogP contribution in [0, 0.1) is 6.92 Å². The lowest BCUT2D eigenvalue weighted by Gasteiger charge is -2.00.